The largest absolute Gasteiger partial charge is 0.371 e. The molecule has 0 fully saturated rings. The van der Waals surface area contributed by atoms with Crippen molar-refractivity contribution >= 4 is 29.2 Å². The predicted molar refractivity (Wildman–Crippen MR) is 53.7 cm³/mol. The second-order valence-electron chi connectivity index (χ2n) is 2.29. The Bertz CT molecular complexity index is 98.4. The van der Waals surface area contributed by atoms with Crippen LogP contribution in [0, 0.1) is 0 Å². The zero-order valence-electron chi connectivity index (χ0n) is 6.69. The molecule has 0 aliphatic carbocycles. The summed E-state index contributed by atoms with van der Waals surface area (Å²) in [6, 6.07) is 0. The smallest absolute Gasteiger partial charge is 0.130 e. The topological polar surface area (TPSA) is 12.0 Å². The van der Waals surface area contributed by atoms with E-state index < -0.39 is 0 Å². The zero-order chi connectivity index (χ0) is 7.82. The Labute approximate surface area is 90.6 Å². The number of unbranched alkanes of at least 4 members (excludes halogenated alkanes) is 3. The predicted octanol–water partition coefficient (Wildman–Crippen LogP) is 2.37. The van der Waals surface area contributed by atoms with Crippen LogP contribution in [0.2, 0.25) is 0 Å². The fraction of sp³-hybridized carbons (Fsp3) is 0.857. The van der Waals surface area contributed by atoms with Crippen molar-refractivity contribution in [2.24, 2.45) is 0 Å². The molecule has 0 aromatic rings. The van der Waals surface area contributed by atoms with Crippen LogP contribution in [0.25, 0.3) is 0 Å². The van der Waals surface area contributed by atoms with E-state index in [4.69, 9.17) is 12.2 Å². The molecular formula is C7H15CuNS2. The second kappa shape index (κ2) is 10.8. The molecule has 0 rings (SSSR count). The van der Waals surface area contributed by atoms with Gasteiger partial charge in [-0.25, -0.2) is 0 Å². The quantitative estimate of drug-likeness (QED) is 0.331. The van der Waals surface area contributed by atoms with Crippen LogP contribution in [-0.2, 0) is 17.1 Å². The SMILES string of the molecule is CCCCCCNC(=S)S.[Cu]. The normalized spacial score (nSPS) is 8.55. The summed E-state index contributed by atoms with van der Waals surface area (Å²) in [5.41, 5.74) is 0. The third-order valence-corrected chi connectivity index (χ3v) is 1.61. The number of rotatable bonds is 5. The van der Waals surface area contributed by atoms with Crippen LogP contribution >= 0.6 is 24.8 Å². The van der Waals surface area contributed by atoms with Crippen molar-refractivity contribution in [3.63, 3.8) is 0 Å². The monoisotopic (exact) mass is 240 g/mol. The Morgan fingerprint density at radius 2 is 2.00 bits per heavy atom. The average Bonchev–Trinajstić information content (AvgIpc) is 1.87. The third kappa shape index (κ3) is 13.7. The third-order valence-electron chi connectivity index (χ3n) is 1.31. The van der Waals surface area contributed by atoms with Crippen molar-refractivity contribution in [3.8, 4) is 0 Å². The van der Waals surface area contributed by atoms with Gasteiger partial charge in [0.15, 0.2) is 0 Å². The molecule has 0 unspecified atom stereocenters. The number of hydrogen-bond acceptors (Lipinski definition) is 1. The summed E-state index contributed by atoms with van der Waals surface area (Å²) in [4.78, 5) is 0. The van der Waals surface area contributed by atoms with Gasteiger partial charge in [0, 0.05) is 23.6 Å². The molecule has 0 atom stereocenters. The van der Waals surface area contributed by atoms with E-state index in [0.717, 1.165) is 6.54 Å². The van der Waals surface area contributed by atoms with Crippen molar-refractivity contribution in [3.05, 3.63) is 0 Å². The van der Waals surface area contributed by atoms with E-state index in [1.54, 1.807) is 0 Å². The number of nitrogens with one attached hydrogen (secondary N) is 1. The number of hydrogen-bond donors (Lipinski definition) is 2. The van der Waals surface area contributed by atoms with Crippen molar-refractivity contribution in [2.45, 2.75) is 32.6 Å². The first-order chi connectivity index (χ1) is 4.77. The summed E-state index contributed by atoms with van der Waals surface area (Å²) in [5.74, 6) is 0. The van der Waals surface area contributed by atoms with Gasteiger partial charge in [0.05, 0.1) is 0 Å². The summed E-state index contributed by atoms with van der Waals surface area (Å²) in [6.45, 7) is 3.18. The molecule has 11 heavy (non-hydrogen) atoms. The number of thiocarbonyl (C=S) groups is 1. The van der Waals surface area contributed by atoms with Gasteiger partial charge in [-0.15, -0.1) is 12.6 Å². The van der Waals surface area contributed by atoms with Crippen LogP contribution in [0.15, 0.2) is 0 Å². The Morgan fingerprint density at radius 1 is 1.36 bits per heavy atom. The van der Waals surface area contributed by atoms with E-state index >= 15 is 0 Å². The molecule has 0 aromatic heterocycles. The van der Waals surface area contributed by atoms with Gasteiger partial charge in [-0.3, -0.25) is 0 Å². The summed E-state index contributed by atoms with van der Waals surface area (Å²) >= 11 is 8.67. The Balaban J connectivity index is 0. The van der Waals surface area contributed by atoms with Crippen LogP contribution in [0.5, 0.6) is 0 Å². The number of thiol groups is 1. The van der Waals surface area contributed by atoms with E-state index in [9.17, 15) is 0 Å². The zero-order valence-corrected chi connectivity index (χ0v) is 9.35. The first kappa shape index (κ1) is 14.3. The van der Waals surface area contributed by atoms with Gasteiger partial charge in [0.25, 0.3) is 0 Å². The molecule has 0 bridgehead atoms. The maximum absolute atomic E-state index is 4.73. The van der Waals surface area contributed by atoms with E-state index in [1.165, 1.54) is 25.7 Å². The minimum atomic E-state index is 0. The molecule has 0 aliphatic heterocycles. The van der Waals surface area contributed by atoms with Gasteiger partial charge in [-0.1, -0.05) is 38.4 Å². The van der Waals surface area contributed by atoms with Gasteiger partial charge in [-0.2, -0.15) is 0 Å². The molecule has 1 N–H and O–H groups in total. The molecule has 0 aromatic carbocycles. The molecule has 0 spiro atoms. The Morgan fingerprint density at radius 3 is 2.45 bits per heavy atom. The summed E-state index contributed by atoms with van der Waals surface area (Å²) in [5, 5.41) is 3.00. The summed E-state index contributed by atoms with van der Waals surface area (Å²) < 4.78 is 0.608. The summed E-state index contributed by atoms with van der Waals surface area (Å²) in [7, 11) is 0. The van der Waals surface area contributed by atoms with Crippen molar-refractivity contribution in [1.82, 2.24) is 5.32 Å². The van der Waals surface area contributed by atoms with Crippen LogP contribution in [0.4, 0.5) is 0 Å². The van der Waals surface area contributed by atoms with E-state index in [0.29, 0.717) is 4.32 Å². The van der Waals surface area contributed by atoms with E-state index in [2.05, 4.69) is 24.9 Å². The molecule has 0 saturated carbocycles. The molecule has 0 amide bonds. The van der Waals surface area contributed by atoms with Crippen molar-refractivity contribution < 1.29 is 17.1 Å². The van der Waals surface area contributed by atoms with Gasteiger partial charge >= 0.3 is 0 Å². The first-order valence-electron chi connectivity index (χ1n) is 3.74. The molecular weight excluding hydrogens is 226 g/mol. The standard InChI is InChI=1S/C7H15NS2.Cu/c1-2-3-4-5-6-8-7(9)10;/h2-6H2,1H3,(H2,8,9,10);. The molecule has 0 heterocycles. The minimum Gasteiger partial charge on any atom is -0.371 e. The Kier molecular flexibility index (Phi) is 14.0. The fourth-order valence-corrected chi connectivity index (χ4v) is 0.961. The van der Waals surface area contributed by atoms with E-state index in [-0.39, 0.29) is 17.1 Å². The maximum atomic E-state index is 4.73. The Hall–Kier alpha value is 0.759. The van der Waals surface area contributed by atoms with Crippen molar-refractivity contribution in [1.29, 1.82) is 0 Å². The summed E-state index contributed by atoms with van der Waals surface area (Å²) in [6.07, 6.45) is 5.10. The van der Waals surface area contributed by atoms with Gasteiger partial charge in [0.2, 0.25) is 0 Å². The fourth-order valence-electron chi connectivity index (χ4n) is 0.747. The van der Waals surface area contributed by atoms with Gasteiger partial charge < -0.3 is 5.32 Å². The van der Waals surface area contributed by atoms with Gasteiger partial charge in [-0.05, 0) is 6.42 Å². The molecule has 1 nitrogen and oxygen atoms in total. The first-order valence-corrected chi connectivity index (χ1v) is 4.59. The molecule has 71 valence electrons. The van der Waals surface area contributed by atoms with Crippen LogP contribution in [0.3, 0.4) is 0 Å². The van der Waals surface area contributed by atoms with Crippen molar-refractivity contribution in [2.75, 3.05) is 6.54 Å². The average molecular weight is 241 g/mol. The minimum absolute atomic E-state index is 0. The van der Waals surface area contributed by atoms with Gasteiger partial charge in [0.1, 0.15) is 4.32 Å². The van der Waals surface area contributed by atoms with Crippen LogP contribution in [0.1, 0.15) is 32.6 Å². The molecule has 4 heteroatoms. The maximum Gasteiger partial charge on any atom is 0.130 e. The molecule has 1 radical (unpaired) electrons. The molecule has 0 aliphatic rings. The van der Waals surface area contributed by atoms with Crippen LogP contribution in [-0.4, -0.2) is 10.9 Å². The molecule has 0 saturated heterocycles. The second-order valence-corrected chi connectivity index (χ2v) is 3.45. The van der Waals surface area contributed by atoms with Crippen LogP contribution < -0.4 is 5.32 Å². The van der Waals surface area contributed by atoms with E-state index in [1.807, 2.05) is 0 Å².